The van der Waals surface area contributed by atoms with E-state index in [4.69, 9.17) is 5.26 Å². The van der Waals surface area contributed by atoms with Crippen molar-refractivity contribution in [2.75, 3.05) is 11.1 Å². The van der Waals surface area contributed by atoms with Crippen LogP contribution < -0.4 is 5.32 Å². The average Bonchev–Trinajstić information content (AvgIpc) is 3.27. The van der Waals surface area contributed by atoms with Crippen molar-refractivity contribution in [1.82, 2.24) is 14.8 Å². The first-order valence-electron chi connectivity index (χ1n) is 9.03. The van der Waals surface area contributed by atoms with E-state index in [1.807, 2.05) is 0 Å². The molecular weight excluding hydrogens is 366 g/mol. The Hall–Kier alpha value is -1.85. The summed E-state index contributed by atoms with van der Waals surface area (Å²) in [6.07, 6.45) is 7.53. The molecular formula is C18H23N5OS2. The molecule has 1 saturated carbocycles. The van der Waals surface area contributed by atoms with Gasteiger partial charge in [0.1, 0.15) is 16.9 Å². The van der Waals surface area contributed by atoms with Crippen LogP contribution in [0, 0.1) is 17.2 Å². The standard InChI is InChI=1S/C18H23N5OS2/c1-2-23-15(10-13-6-4-3-5-7-13)21-22-18(23)26-12-16(24)20-17-14(11-19)8-9-25-17/h8-9,13H,2-7,10,12H2,1H3,(H,20,24). The fraction of sp³-hybridized carbons (Fsp3) is 0.556. The third-order valence-corrected chi connectivity index (χ3v) is 6.47. The van der Waals surface area contributed by atoms with Crippen LogP contribution in [0.25, 0.3) is 0 Å². The predicted octanol–water partition coefficient (Wildman–Crippen LogP) is 4.08. The van der Waals surface area contributed by atoms with Crippen molar-refractivity contribution in [3.63, 3.8) is 0 Å². The van der Waals surface area contributed by atoms with E-state index in [1.54, 1.807) is 11.4 Å². The summed E-state index contributed by atoms with van der Waals surface area (Å²) >= 11 is 2.76. The topological polar surface area (TPSA) is 83.6 Å². The summed E-state index contributed by atoms with van der Waals surface area (Å²) in [6, 6.07) is 3.78. The number of thiophene rings is 1. The van der Waals surface area contributed by atoms with Gasteiger partial charge in [-0.15, -0.1) is 21.5 Å². The lowest BCUT2D eigenvalue weighted by molar-refractivity contribution is -0.113. The molecule has 1 amide bonds. The van der Waals surface area contributed by atoms with Gasteiger partial charge < -0.3 is 9.88 Å². The third kappa shape index (κ3) is 4.65. The number of anilines is 1. The monoisotopic (exact) mass is 389 g/mol. The number of nitrogens with zero attached hydrogens (tertiary/aromatic N) is 4. The van der Waals surface area contributed by atoms with Gasteiger partial charge >= 0.3 is 0 Å². The van der Waals surface area contributed by atoms with Crippen LogP contribution in [0.3, 0.4) is 0 Å². The van der Waals surface area contributed by atoms with Gasteiger partial charge in [-0.2, -0.15) is 5.26 Å². The van der Waals surface area contributed by atoms with Crippen LogP contribution in [-0.4, -0.2) is 26.4 Å². The molecule has 26 heavy (non-hydrogen) atoms. The first-order valence-corrected chi connectivity index (χ1v) is 10.9. The number of rotatable bonds is 7. The first kappa shape index (κ1) is 18.9. The number of carbonyl (C=O) groups is 1. The van der Waals surface area contributed by atoms with Gasteiger partial charge in [-0.3, -0.25) is 4.79 Å². The maximum atomic E-state index is 12.2. The lowest BCUT2D eigenvalue weighted by Crippen LogP contribution is -2.15. The van der Waals surface area contributed by atoms with Crippen molar-refractivity contribution < 1.29 is 4.79 Å². The zero-order valence-corrected chi connectivity index (χ0v) is 16.5. The largest absolute Gasteiger partial charge is 0.316 e. The smallest absolute Gasteiger partial charge is 0.235 e. The van der Waals surface area contributed by atoms with E-state index >= 15 is 0 Å². The zero-order chi connectivity index (χ0) is 18.4. The number of thioether (sulfide) groups is 1. The molecule has 0 bridgehead atoms. The van der Waals surface area contributed by atoms with Crippen LogP contribution in [0.4, 0.5) is 5.00 Å². The number of carbonyl (C=O) groups excluding carboxylic acids is 1. The Labute approximate surface area is 162 Å². The van der Waals surface area contributed by atoms with Gasteiger partial charge in [0.25, 0.3) is 0 Å². The number of hydrogen-bond acceptors (Lipinski definition) is 6. The summed E-state index contributed by atoms with van der Waals surface area (Å²) in [5.41, 5.74) is 0.500. The molecule has 0 aliphatic heterocycles. The predicted molar refractivity (Wildman–Crippen MR) is 104 cm³/mol. The second-order valence-electron chi connectivity index (χ2n) is 6.46. The van der Waals surface area contributed by atoms with Crippen LogP contribution in [0.15, 0.2) is 16.6 Å². The van der Waals surface area contributed by atoms with E-state index in [9.17, 15) is 4.79 Å². The van der Waals surface area contributed by atoms with E-state index in [0.29, 0.717) is 16.5 Å². The summed E-state index contributed by atoms with van der Waals surface area (Å²) in [4.78, 5) is 12.2. The van der Waals surface area contributed by atoms with Gasteiger partial charge in [-0.1, -0.05) is 43.9 Å². The van der Waals surface area contributed by atoms with Gasteiger partial charge in [-0.05, 0) is 24.3 Å². The lowest BCUT2D eigenvalue weighted by Gasteiger charge is -2.21. The fourth-order valence-electron chi connectivity index (χ4n) is 3.33. The Balaban J connectivity index is 1.57. The summed E-state index contributed by atoms with van der Waals surface area (Å²) in [7, 11) is 0. The van der Waals surface area contributed by atoms with Crippen LogP contribution in [0.1, 0.15) is 50.4 Å². The highest BCUT2D eigenvalue weighted by molar-refractivity contribution is 7.99. The number of hydrogen-bond donors (Lipinski definition) is 1. The molecule has 1 aliphatic carbocycles. The van der Waals surface area contributed by atoms with Crippen LogP contribution in [0.5, 0.6) is 0 Å². The summed E-state index contributed by atoms with van der Waals surface area (Å²) < 4.78 is 2.12. The summed E-state index contributed by atoms with van der Waals surface area (Å²) in [5, 5.41) is 23.7. The Morgan fingerprint density at radius 1 is 1.42 bits per heavy atom. The lowest BCUT2D eigenvalue weighted by atomic mass is 9.87. The molecule has 0 atom stereocenters. The SMILES string of the molecule is CCn1c(CC2CCCCC2)nnc1SCC(=O)Nc1sccc1C#N. The van der Waals surface area contributed by atoms with E-state index in [0.717, 1.165) is 23.9 Å². The van der Waals surface area contributed by atoms with E-state index in [1.165, 1.54) is 55.2 Å². The van der Waals surface area contributed by atoms with Crippen LogP contribution in [-0.2, 0) is 17.8 Å². The normalized spacial score (nSPS) is 14.9. The van der Waals surface area contributed by atoms with Crippen LogP contribution >= 0.6 is 23.1 Å². The number of amides is 1. The van der Waals surface area contributed by atoms with E-state index in [2.05, 4.69) is 33.1 Å². The Morgan fingerprint density at radius 2 is 2.23 bits per heavy atom. The minimum absolute atomic E-state index is 0.131. The van der Waals surface area contributed by atoms with Crippen LogP contribution in [0.2, 0.25) is 0 Å². The highest BCUT2D eigenvalue weighted by atomic mass is 32.2. The molecule has 0 saturated heterocycles. The summed E-state index contributed by atoms with van der Waals surface area (Å²) in [5.74, 6) is 1.87. The molecule has 3 rings (SSSR count). The number of aromatic nitrogens is 3. The molecule has 6 nitrogen and oxygen atoms in total. The third-order valence-electron chi connectivity index (χ3n) is 4.68. The molecule has 0 unspecified atom stereocenters. The Kier molecular flexibility index (Phi) is 6.69. The van der Waals surface area contributed by atoms with Crippen molar-refractivity contribution in [3.05, 3.63) is 22.8 Å². The Morgan fingerprint density at radius 3 is 2.96 bits per heavy atom. The zero-order valence-electron chi connectivity index (χ0n) is 14.9. The maximum Gasteiger partial charge on any atom is 0.235 e. The second kappa shape index (κ2) is 9.19. The van der Waals surface area contributed by atoms with Crippen molar-refractivity contribution in [2.24, 2.45) is 5.92 Å². The number of nitriles is 1. The van der Waals surface area contributed by atoms with Crippen molar-refractivity contribution >= 4 is 34.0 Å². The molecule has 1 N–H and O–H groups in total. The molecule has 8 heteroatoms. The molecule has 0 aromatic carbocycles. The highest BCUT2D eigenvalue weighted by Crippen LogP contribution is 2.28. The molecule has 1 aliphatic rings. The van der Waals surface area contributed by atoms with E-state index in [-0.39, 0.29) is 11.7 Å². The van der Waals surface area contributed by atoms with Gasteiger partial charge in [0.05, 0.1) is 11.3 Å². The van der Waals surface area contributed by atoms with Gasteiger partial charge in [0.2, 0.25) is 5.91 Å². The molecule has 2 aromatic rings. The maximum absolute atomic E-state index is 12.2. The second-order valence-corrected chi connectivity index (χ2v) is 8.32. The minimum atomic E-state index is -0.131. The molecule has 138 valence electrons. The van der Waals surface area contributed by atoms with Crippen molar-refractivity contribution in [3.8, 4) is 6.07 Å². The molecule has 1 fully saturated rings. The molecule has 0 spiro atoms. The van der Waals surface area contributed by atoms with Crippen molar-refractivity contribution in [2.45, 2.75) is 57.1 Å². The fourth-order valence-corrected chi connectivity index (χ4v) is 4.91. The molecule has 0 radical (unpaired) electrons. The molecule has 2 heterocycles. The number of nitrogens with one attached hydrogen (secondary N) is 1. The van der Waals surface area contributed by atoms with E-state index < -0.39 is 0 Å². The minimum Gasteiger partial charge on any atom is -0.316 e. The highest BCUT2D eigenvalue weighted by Gasteiger charge is 2.19. The van der Waals surface area contributed by atoms with Gasteiger partial charge in [0.15, 0.2) is 5.16 Å². The van der Waals surface area contributed by atoms with Gasteiger partial charge in [-0.25, -0.2) is 0 Å². The summed E-state index contributed by atoms with van der Waals surface area (Å²) in [6.45, 7) is 2.89. The molecule has 2 aromatic heterocycles. The van der Waals surface area contributed by atoms with Crippen molar-refractivity contribution in [1.29, 1.82) is 5.26 Å². The Bertz CT molecular complexity index is 786. The average molecular weight is 390 g/mol. The van der Waals surface area contributed by atoms with Gasteiger partial charge in [0, 0.05) is 13.0 Å². The quantitative estimate of drug-likeness (QED) is 0.721. The first-order chi connectivity index (χ1) is 12.7.